The van der Waals surface area contributed by atoms with E-state index in [1.807, 2.05) is 36.5 Å². The van der Waals surface area contributed by atoms with Crippen LogP contribution in [-0.2, 0) is 6.54 Å². The summed E-state index contributed by atoms with van der Waals surface area (Å²) < 4.78 is 15.2. The molecule has 0 saturated heterocycles. The fourth-order valence-electron chi connectivity index (χ4n) is 2.77. The summed E-state index contributed by atoms with van der Waals surface area (Å²) in [4.78, 5) is 12.5. The monoisotopic (exact) mass is 361 g/mol. The second-order valence-electron chi connectivity index (χ2n) is 5.98. The van der Waals surface area contributed by atoms with Gasteiger partial charge in [-0.3, -0.25) is 9.89 Å². The Hall–Kier alpha value is -3.74. The van der Waals surface area contributed by atoms with Gasteiger partial charge in [0.15, 0.2) is 0 Å². The third-order valence-electron chi connectivity index (χ3n) is 4.11. The van der Waals surface area contributed by atoms with Gasteiger partial charge in [-0.05, 0) is 24.3 Å². The van der Waals surface area contributed by atoms with Crippen molar-refractivity contribution in [2.45, 2.75) is 6.54 Å². The zero-order valence-corrected chi connectivity index (χ0v) is 14.3. The van der Waals surface area contributed by atoms with E-state index in [9.17, 15) is 9.18 Å². The van der Waals surface area contributed by atoms with Crippen LogP contribution < -0.4 is 5.32 Å². The minimum atomic E-state index is -0.373. The van der Waals surface area contributed by atoms with Crippen LogP contribution in [-0.4, -0.2) is 25.9 Å². The molecule has 0 spiro atoms. The summed E-state index contributed by atoms with van der Waals surface area (Å²) >= 11 is 0. The van der Waals surface area contributed by atoms with E-state index in [1.54, 1.807) is 23.0 Å². The van der Waals surface area contributed by atoms with Gasteiger partial charge >= 0.3 is 0 Å². The van der Waals surface area contributed by atoms with Gasteiger partial charge in [-0.15, -0.1) is 0 Å². The van der Waals surface area contributed by atoms with Crippen molar-refractivity contribution >= 4 is 5.91 Å². The van der Waals surface area contributed by atoms with E-state index in [0.717, 1.165) is 11.3 Å². The molecule has 0 bridgehead atoms. The Labute approximate surface area is 154 Å². The number of amides is 1. The van der Waals surface area contributed by atoms with Crippen LogP contribution in [0.3, 0.4) is 0 Å². The average Bonchev–Trinajstić information content (AvgIpc) is 3.36. The number of para-hydroxylation sites is 1. The molecule has 2 aromatic heterocycles. The third kappa shape index (κ3) is 3.62. The first-order chi connectivity index (χ1) is 13.2. The van der Waals surface area contributed by atoms with Crippen molar-refractivity contribution in [3.63, 3.8) is 0 Å². The van der Waals surface area contributed by atoms with Crippen molar-refractivity contribution < 1.29 is 9.18 Å². The summed E-state index contributed by atoms with van der Waals surface area (Å²) in [6.45, 7) is 0.319. The second kappa shape index (κ2) is 7.25. The molecule has 134 valence electrons. The van der Waals surface area contributed by atoms with Crippen molar-refractivity contribution in [2.75, 3.05) is 0 Å². The minimum absolute atomic E-state index is 0.296. The number of carbonyl (C=O) groups excluding carboxylic acids is 1. The molecule has 27 heavy (non-hydrogen) atoms. The van der Waals surface area contributed by atoms with E-state index in [1.165, 1.54) is 18.3 Å². The number of nitrogens with one attached hydrogen (secondary N) is 2. The van der Waals surface area contributed by atoms with E-state index < -0.39 is 0 Å². The lowest BCUT2D eigenvalue weighted by Gasteiger charge is -2.05. The number of hydrogen-bond acceptors (Lipinski definition) is 3. The predicted molar refractivity (Wildman–Crippen MR) is 98.7 cm³/mol. The molecule has 2 N–H and O–H groups in total. The average molecular weight is 361 g/mol. The second-order valence-corrected chi connectivity index (χ2v) is 5.98. The van der Waals surface area contributed by atoms with E-state index in [-0.39, 0.29) is 11.7 Å². The lowest BCUT2D eigenvalue weighted by atomic mass is 10.1. The predicted octanol–water partition coefficient (Wildman–Crippen LogP) is 3.33. The Morgan fingerprint density at radius 2 is 1.96 bits per heavy atom. The molecule has 7 heteroatoms. The summed E-state index contributed by atoms with van der Waals surface area (Å²) in [5.74, 6) is -0.669. The SMILES string of the molecule is O=C(NCc1cnn(-c2ccccc2)c1)c1cn[nH]c1-c1cccc(F)c1. The molecule has 0 saturated carbocycles. The Morgan fingerprint density at radius 3 is 2.78 bits per heavy atom. The summed E-state index contributed by atoms with van der Waals surface area (Å²) in [5, 5.41) is 13.8. The number of H-pyrrole nitrogens is 1. The molecule has 0 aliphatic carbocycles. The van der Waals surface area contributed by atoms with Crippen LogP contribution >= 0.6 is 0 Å². The van der Waals surface area contributed by atoms with Crippen molar-refractivity contribution in [1.29, 1.82) is 0 Å². The quantitative estimate of drug-likeness (QED) is 0.572. The largest absolute Gasteiger partial charge is 0.348 e. The van der Waals surface area contributed by atoms with Gasteiger partial charge in [-0.1, -0.05) is 30.3 Å². The smallest absolute Gasteiger partial charge is 0.255 e. The highest BCUT2D eigenvalue weighted by Crippen LogP contribution is 2.21. The lowest BCUT2D eigenvalue weighted by Crippen LogP contribution is -2.22. The third-order valence-corrected chi connectivity index (χ3v) is 4.11. The number of aromatic nitrogens is 4. The van der Waals surface area contributed by atoms with Crippen LogP contribution in [0.2, 0.25) is 0 Å². The van der Waals surface area contributed by atoms with Crippen molar-refractivity contribution in [1.82, 2.24) is 25.3 Å². The van der Waals surface area contributed by atoms with E-state index in [4.69, 9.17) is 0 Å². The van der Waals surface area contributed by atoms with Crippen molar-refractivity contribution in [3.05, 3.63) is 90.1 Å². The van der Waals surface area contributed by atoms with Gasteiger partial charge in [-0.2, -0.15) is 10.2 Å². The first kappa shape index (κ1) is 16.7. The normalized spacial score (nSPS) is 10.7. The number of carbonyl (C=O) groups is 1. The molecule has 2 aromatic carbocycles. The molecule has 1 amide bonds. The first-order valence-electron chi connectivity index (χ1n) is 8.37. The van der Waals surface area contributed by atoms with E-state index in [2.05, 4.69) is 20.6 Å². The molecule has 0 fully saturated rings. The van der Waals surface area contributed by atoms with Crippen LogP contribution in [0.1, 0.15) is 15.9 Å². The Morgan fingerprint density at radius 1 is 1.11 bits per heavy atom. The highest BCUT2D eigenvalue weighted by Gasteiger charge is 2.15. The maximum absolute atomic E-state index is 13.5. The molecular weight excluding hydrogens is 345 g/mol. The molecule has 0 unspecified atom stereocenters. The molecule has 4 aromatic rings. The van der Waals surface area contributed by atoms with E-state index in [0.29, 0.717) is 23.4 Å². The molecule has 2 heterocycles. The maximum Gasteiger partial charge on any atom is 0.255 e. The number of benzene rings is 2. The standard InChI is InChI=1S/C20H16FN5O/c21-16-6-4-5-15(9-16)19-18(12-23-25-19)20(27)22-10-14-11-24-26(13-14)17-7-2-1-3-8-17/h1-9,11-13H,10H2,(H,22,27)(H,23,25). The zero-order chi connectivity index (χ0) is 18.6. The fraction of sp³-hybridized carbons (Fsp3) is 0.0500. The number of nitrogens with zero attached hydrogens (tertiary/aromatic N) is 3. The number of aromatic amines is 1. The Balaban J connectivity index is 1.47. The summed E-state index contributed by atoms with van der Waals surface area (Å²) in [6, 6.07) is 15.7. The number of hydrogen-bond donors (Lipinski definition) is 2. The van der Waals surface area contributed by atoms with Crippen LogP contribution in [0.5, 0.6) is 0 Å². The minimum Gasteiger partial charge on any atom is -0.348 e. The molecule has 6 nitrogen and oxygen atoms in total. The van der Waals surface area contributed by atoms with E-state index >= 15 is 0 Å². The van der Waals surface area contributed by atoms with Crippen LogP contribution in [0, 0.1) is 5.82 Å². The zero-order valence-electron chi connectivity index (χ0n) is 14.3. The molecule has 0 radical (unpaired) electrons. The number of rotatable bonds is 5. The molecule has 0 aliphatic heterocycles. The van der Waals surface area contributed by atoms with Crippen LogP contribution in [0.4, 0.5) is 4.39 Å². The maximum atomic E-state index is 13.5. The van der Waals surface area contributed by atoms with Gasteiger partial charge in [-0.25, -0.2) is 9.07 Å². The molecule has 0 atom stereocenters. The highest BCUT2D eigenvalue weighted by atomic mass is 19.1. The van der Waals surface area contributed by atoms with Crippen molar-refractivity contribution in [3.8, 4) is 16.9 Å². The van der Waals surface area contributed by atoms with Crippen LogP contribution in [0.15, 0.2) is 73.2 Å². The Kier molecular flexibility index (Phi) is 4.49. The summed E-state index contributed by atoms with van der Waals surface area (Å²) in [7, 11) is 0. The first-order valence-corrected chi connectivity index (χ1v) is 8.37. The molecule has 0 aliphatic rings. The van der Waals surface area contributed by atoms with Crippen molar-refractivity contribution in [2.24, 2.45) is 0 Å². The van der Waals surface area contributed by atoms with Gasteiger partial charge in [0.1, 0.15) is 5.82 Å². The van der Waals surface area contributed by atoms with Gasteiger partial charge in [0.05, 0.1) is 29.3 Å². The van der Waals surface area contributed by atoms with Gasteiger partial charge in [0, 0.05) is 23.9 Å². The molecule has 4 rings (SSSR count). The summed E-state index contributed by atoms with van der Waals surface area (Å²) in [5.41, 5.74) is 3.21. The molecular formula is C20H16FN5O. The fourth-order valence-corrected chi connectivity index (χ4v) is 2.77. The van der Waals surface area contributed by atoms with Gasteiger partial charge < -0.3 is 5.32 Å². The highest BCUT2D eigenvalue weighted by molar-refractivity contribution is 5.99. The van der Waals surface area contributed by atoms with Gasteiger partial charge in [0.25, 0.3) is 5.91 Å². The van der Waals surface area contributed by atoms with Gasteiger partial charge in [0.2, 0.25) is 0 Å². The lowest BCUT2D eigenvalue weighted by molar-refractivity contribution is 0.0951. The Bertz CT molecular complexity index is 1070. The topological polar surface area (TPSA) is 75.6 Å². The summed E-state index contributed by atoms with van der Waals surface area (Å²) in [6.07, 6.45) is 5.00. The number of halogens is 1. The van der Waals surface area contributed by atoms with Crippen LogP contribution in [0.25, 0.3) is 16.9 Å².